The molecule has 1 aromatic carbocycles. The second-order valence-corrected chi connectivity index (χ2v) is 5.00. The minimum absolute atomic E-state index is 0.0331. The van der Waals surface area contributed by atoms with E-state index in [0.29, 0.717) is 6.61 Å². The van der Waals surface area contributed by atoms with Crippen molar-refractivity contribution in [1.29, 1.82) is 0 Å². The molecule has 3 heteroatoms. The van der Waals surface area contributed by atoms with Crippen LogP contribution in [0, 0.1) is 0 Å². The fraction of sp³-hybridized carbons (Fsp3) is 0.500. The van der Waals surface area contributed by atoms with Crippen molar-refractivity contribution >= 4 is 0 Å². The van der Waals surface area contributed by atoms with Crippen LogP contribution in [-0.4, -0.2) is 18.8 Å². The highest BCUT2D eigenvalue weighted by atomic mass is 16.6. The molecule has 0 saturated carbocycles. The van der Waals surface area contributed by atoms with Gasteiger partial charge in [-0.3, -0.25) is 0 Å². The fourth-order valence-electron chi connectivity index (χ4n) is 2.28. The summed E-state index contributed by atoms with van der Waals surface area (Å²) in [4.78, 5) is 0. The molecule has 2 atom stereocenters. The number of allylic oxidation sites excluding steroid dienone is 1. The maximum Gasteiger partial charge on any atom is 0.161 e. The molecule has 2 N–H and O–H groups in total. The van der Waals surface area contributed by atoms with Crippen LogP contribution < -0.4 is 15.2 Å². The van der Waals surface area contributed by atoms with Crippen LogP contribution in [0.3, 0.4) is 0 Å². The van der Waals surface area contributed by atoms with Crippen LogP contribution in [0.15, 0.2) is 36.9 Å². The smallest absolute Gasteiger partial charge is 0.161 e. The average molecular weight is 261 g/mol. The van der Waals surface area contributed by atoms with Crippen molar-refractivity contribution in [3.05, 3.63) is 36.9 Å². The quantitative estimate of drug-likeness (QED) is 0.605. The van der Waals surface area contributed by atoms with E-state index in [-0.39, 0.29) is 12.1 Å². The van der Waals surface area contributed by atoms with Crippen molar-refractivity contribution in [3.8, 4) is 11.5 Å². The lowest BCUT2D eigenvalue weighted by Gasteiger charge is -2.30. The summed E-state index contributed by atoms with van der Waals surface area (Å²) in [5.74, 6) is 1.62. The molecular formula is C16H23NO2. The van der Waals surface area contributed by atoms with E-state index in [1.165, 1.54) is 12.8 Å². The molecule has 19 heavy (non-hydrogen) atoms. The van der Waals surface area contributed by atoms with Gasteiger partial charge in [0, 0.05) is 6.04 Å². The molecule has 0 saturated heterocycles. The van der Waals surface area contributed by atoms with Gasteiger partial charge in [0.1, 0.15) is 12.7 Å². The summed E-state index contributed by atoms with van der Waals surface area (Å²) in [6.45, 7) is 4.27. The first-order valence-electron chi connectivity index (χ1n) is 7.06. The van der Waals surface area contributed by atoms with E-state index < -0.39 is 0 Å². The number of unbranched alkanes of at least 4 members (excludes halogenated alkanes) is 3. The molecule has 2 rings (SSSR count). The van der Waals surface area contributed by atoms with Crippen LogP contribution in [0.1, 0.15) is 32.1 Å². The number of nitrogens with two attached hydrogens (primary N) is 1. The maximum atomic E-state index is 6.20. The summed E-state index contributed by atoms with van der Waals surface area (Å²) in [7, 11) is 0. The Morgan fingerprint density at radius 1 is 1.26 bits per heavy atom. The summed E-state index contributed by atoms with van der Waals surface area (Å²) in [5, 5.41) is 0. The Kier molecular flexibility index (Phi) is 5.28. The highest BCUT2D eigenvalue weighted by Crippen LogP contribution is 2.31. The zero-order valence-corrected chi connectivity index (χ0v) is 11.4. The Hall–Kier alpha value is -1.48. The van der Waals surface area contributed by atoms with Gasteiger partial charge in [-0.25, -0.2) is 0 Å². The summed E-state index contributed by atoms with van der Waals surface area (Å²) in [6, 6.07) is 7.79. The predicted octanol–water partition coefficient (Wildman–Crippen LogP) is 3.29. The molecule has 0 amide bonds. The number of fused-ring (bicyclic) bond motifs is 1. The van der Waals surface area contributed by atoms with Gasteiger partial charge < -0.3 is 15.2 Å². The number of hydrogen-bond donors (Lipinski definition) is 1. The molecule has 1 aromatic rings. The first-order valence-corrected chi connectivity index (χ1v) is 7.06. The first-order chi connectivity index (χ1) is 9.31. The average Bonchev–Trinajstić information content (AvgIpc) is 2.46. The Morgan fingerprint density at radius 3 is 2.84 bits per heavy atom. The molecule has 3 nitrogen and oxygen atoms in total. The summed E-state index contributed by atoms with van der Waals surface area (Å²) in [5.41, 5.74) is 6.20. The first kappa shape index (κ1) is 13.9. The minimum atomic E-state index is -0.0331. The lowest BCUT2D eigenvalue weighted by atomic mass is 10.0. The molecule has 104 valence electrons. The van der Waals surface area contributed by atoms with E-state index in [4.69, 9.17) is 15.2 Å². The molecule has 2 unspecified atom stereocenters. The van der Waals surface area contributed by atoms with Crippen molar-refractivity contribution < 1.29 is 9.47 Å². The molecular weight excluding hydrogens is 238 g/mol. The van der Waals surface area contributed by atoms with Gasteiger partial charge >= 0.3 is 0 Å². The van der Waals surface area contributed by atoms with Crippen LogP contribution in [0.4, 0.5) is 0 Å². The van der Waals surface area contributed by atoms with Crippen molar-refractivity contribution in [2.24, 2.45) is 5.73 Å². The van der Waals surface area contributed by atoms with Gasteiger partial charge in [0.2, 0.25) is 0 Å². The molecule has 0 spiro atoms. The number of benzene rings is 1. The normalized spacial score (nSPS) is 18.9. The third kappa shape index (κ3) is 4.00. The molecule has 0 aromatic heterocycles. The SMILES string of the molecule is C=CCCCCCC(N)C1COc2ccccc2O1. The standard InChI is InChI=1S/C16H23NO2/c1-2-3-4-5-6-9-13(17)16-12-18-14-10-7-8-11-15(14)19-16/h2,7-8,10-11,13,16H,1,3-6,9,12,17H2. The monoisotopic (exact) mass is 261 g/mol. The maximum absolute atomic E-state index is 6.20. The van der Waals surface area contributed by atoms with Gasteiger partial charge in [-0.2, -0.15) is 0 Å². The Morgan fingerprint density at radius 2 is 2.05 bits per heavy atom. The zero-order chi connectivity index (χ0) is 13.5. The molecule has 0 aliphatic carbocycles. The highest BCUT2D eigenvalue weighted by Gasteiger charge is 2.25. The molecule has 0 fully saturated rings. The van der Waals surface area contributed by atoms with Crippen LogP contribution >= 0.6 is 0 Å². The summed E-state index contributed by atoms with van der Waals surface area (Å²) in [6.07, 6.45) is 7.53. The van der Waals surface area contributed by atoms with Gasteiger partial charge in [0.25, 0.3) is 0 Å². The van der Waals surface area contributed by atoms with Crippen molar-refractivity contribution in [3.63, 3.8) is 0 Å². The third-order valence-electron chi connectivity index (χ3n) is 3.45. The van der Waals surface area contributed by atoms with Crippen molar-refractivity contribution in [2.45, 2.75) is 44.2 Å². The summed E-state index contributed by atoms with van der Waals surface area (Å²) < 4.78 is 11.6. The van der Waals surface area contributed by atoms with Crippen LogP contribution in [-0.2, 0) is 0 Å². The number of ether oxygens (including phenoxy) is 2. The number of hydrogen-bond acceptors (Lipinski definition) is 3. The molecule has 0 bridgehead atoms. The van der Waals surface area contributed by atoms with Crippen molar-refractivity contribution in [2.75, 3.05) is 6.61 Å². The van der Waals surface area contributed by atoms with E-state index in [0.717, 1.165) is 30.8 Å². The lowest BCUT2D eigenvalue weighted by Crippen LogP contribution is -2.44. The van der Waals surface area contributed by atoms with E-state index >= 15 is 0 Å². The third-order valence-corrected chi connectivity index (χ3v) is 3.45. The van der Waals surface area contributed by atoms with E-state index in [1.54, 1.807) is 0 Å². The fourth-order valence-corrected chi connectivity index (χ4v) is 2.28. The van der Waals surface area contributed by atoms with Gasteiger partial charge in [-0.1, -0.05) is 31.1 Å². The predicted molar refractivity (Wildman–Crippen MR) is 77.6 cm³/mol. The largest absolute Gasteiger partial charge is 0.486 e. The zero-order valence-electron chi connectivity index (χ0n) is 11.4. The Labute approximate surface area is 115 Å². The van der Waals surface area contributed by atoms with E-state index in [9.17, 15) is 0 Å². The second kappa shape index (κ2) is 7.19. The Balaban J connectivity index is 1.75. The number of para-hydroxylation sites is 2. The van der Waals surface area contributed by atoms with E-state index in [1.807, 2.05) is 30.3 Å². The van der Waals surface area contributed by atoms with Crippen LogP contribution in [0.25, 0.3) is 0 Å². The topological polar surface area (TPSA) is 44.5 Å². The molecule has 1 aliphatic heterocycles. The van der Waals surface area contributed by atoms with Gasteiger partial charge in [0.05, 0.1) is 0 Å². The second-order valence-electron chi connectivity index (χ2n) is 5.00. The van der Waals surface area contributed by atoms with Gasteiger partial charge in [-0.15, -0.1) is 6.58 Å². The minimum Gasteiger partial charge on any atom is -0.486 e. The van der Waals surface area contributed by atoms with E-state index in [2.05, 4.69) is 6.58 Å². The molecule has 1 aliphatic rings. The highest BCUT2D eigenvalue weighted by molar-refractivity contribution is 5.40. The van der Waals surface area contributed by atoms with Crippen molar-refractivity contribution in [1.82, 2.24) is 0 Å². The number of rotatable bonds is 7. The Bertz CT molecular complexity index is 405. The molecule has 1 heterocycles. The summed E-state index contributed by atoms with van der Waals surface area (Å²) >= 11 is 0. The van der Waals surface area contributed by atoms with Gasteiger partial charge in [0.15, 0.2) is 11.5 Å². The van der Waals surface area contributed by atoms with Crippen LogP contribution in [0.2, 0.25) is 0 Å². The van der Waals surface area contributed by atoms with Crippen LogP contribution in [0.5, 0.6) is 11.5 Å². The molecule has 0 radical (unpaired) electrons. The lowest BCUT2D eigenvalue weighted by molar-refractivity contribution is 0.0694. The van der Waals surface area contributed by atoms with Gasteiger partial charge in [-0.05, 0) is 31.4 Å².